The number of amides is 2. The van der Waals surface area contributed by atoms with E-state index in [1.807, 2.05) is 4.90 Å². The molecule has 1 aromatic rings. The number of hydrogen-bond donors (Lipinski definition) is 2. The quantitative estimate of drug-likeness (QED) is 0.192. The zero-order valence-electron chi connectivity index (χ0n) is 20.5. The number of benzene rings is 1. The lowest BCUT2D eigenvalue weighted by atomic mass is 10.1. The van der Waals surface area contributed by atoms with Crippen molar-refractivity contribution >= 4 is 6.03 Å². The van der Waals surface area contributed by atoms with Gasteiger partial charge < -0.3 is 20.5 Å². The van der Waals surface area contributed by atoms with Crippen LogP contribution in [-0.4, -0.2) is 35.7 Å². The zero-order chi connectivity index (χ0) is 23.3. The van der Waals surface area contributed by atoms with E-state index in [-0.39, 0.29) is 11.8 Å². The van der Waals surface area contributed by atoms with E-state index in [0.29, 0.717) is 0 Å². The summed E-state index contributed by atoms with van der Waals surface area (Å²) >= 11 is 0. The number of phenolic OH excluding ortho intramolecular Hbond substituents is 1. The molecule has 0 saturated heterocycles. The number of aromatic hydroxyl groups is 1. The van der Waals surface area contributed by atoms with Crippen LogP contribution in [0.3, 0.4) is 0 Å². The highest BCUT2D eigenvalue weighted by atomic mass is 16.5. The molecule has 0 aliphatic rings. The predicted molar refractivity (Wildman–Crippen MR) is 134 cm³/mol. The Kier molecular flexibility index (Phi) is 17.4. The van der Waals surface area contributed by atoms with Crippen LogP contribution in [0.2, 0.25) is 0 Å². The second-order valence-corrected chi connectivity index (χ2v) is 8.97. The first kappa shape index (κ1) is 28.1. The maximum absolute atomic E-state index is 11.7. The van der Waals surface area contributed by atoms with Crippen LogP contribution < -0.4 is 10.5 Å². The number of phenols is 1. The first-order chi connectivity index (χ1) is 15.6. The third kappa shape index (κ3) is 15.8. The van der Waals surface area contributed by atoms with Crippen molar-refractivity contribution in [3.05, 3.63) is 24.3 Å². The van der Waals surface area contributed by atoms with E-state index in [4.69, 9.17) is 10.5 Å². The van der Waals surface area contributed by atoms with E-state index >= 15 is 0 Å². The van der Waals surface area contributed by atoms with Crippen molar-refractivity contribution in [1.29, 1.82) is 0 Å². The third-order valence-corrected chi connectivity index (χ3v) is 6.02. The summed E-state index contributed by atoms with van der Waals surface area (Å²) in [4.78, 5) is 13.5. The van der Waals surface area contributed by atoms with E-state index < -0.39 is 0 Å². The van der Waals surface area contributed by atoms with Gasteiger partial charge in [-0.2, -0.15) is 0 Å². The molecule has 3 N–H and O–H groups in total. The van der Waals surface area contributed by atoms with Crippen LogP contribution in [0.5, 0.6) is 11.5 Å². The summed E-state index contributed by atoms with van der Waals surface area (Å²) in [7, 11) is 0. The van der Waals surface area contributed by atoms with Gasteiger partial charge in [-0.05, 0) is 43.5 Å². The van der Waals surface area contributed by atoms with E-state index in [0.717, 1.165) is 44.7 Å². The summed E-state index contributed by atoms with van der Waals surface area (Å²) in [5, 5.41) is 9.26. The summed E-state index contributed by atoms with van der Waals surface area (Å²) in [5.41, 5.74) is 5.56. The molecule has 0 aromatic heterocycles. The lowest BCUT2D eigenvalue weighted by Gasteiger charge is -2.20. The number of nitrogens with two attached hydrogens (primary N) is 1. The Morgan fingerprint density at radius 3 is 1.66 bits per heavy atom. The summed E-state index contributed by atoms with van der Waals surface area (Å²) in [6, 6.07) is 6.62. The SMILES string of the molecule is CCCCCCCCCCN(CCCCCCCCCCOc1ccc(O)cc1)C(N)=O. The van der Waals surface area contributed by atoms with Crippen molar-refractivity contribution in [3.63, 3.8) is 0 Å². The molecule has 0 atom stereocenters. The molecule has 0 bridgehead atoms. The fraction of sp³-hybridized carbons (Fsp3) is 0.741. The van der Waals surface area contributed by atoms with Crippen LogP contribution in [0.1, 0.15) is 110 Å². The molecular weight excluding hydrogens is 400 g/mol. The van der Waals surface area contributed by atoms with Crippen LogP contribution in [0, 0.1) is 0 Å². The molecule has 32 heavy (non-hydrogen) atoms. The highest BCUT2D eigenvalue weighted by molar-refractivity contribution is 5.71. The average Bonchev–Trinajstić information content (AvgIpc) is 2.78. The second-order valence-electron chi connectivity index (χ2n) is 8.97. The molecule has 0 aliphatic heterocycles. The molecule has 0 spiro atoms. The van der Waals surface area contributed by atoms with Gasteiger partial charge in [0.25, 0.3) is 0 Å². The number of carbonyl (C=O) groups excluding carboxylic acids is 1. The number of primary amides is 1. The van der Waals surface area contributed by atoms with Crippen LogP contribution in [0.25, 0.3) is 0 Å². The predicted octanol–water partition coefficient (Wildman–Crippen LogP) is 7.41. The summed E-state index contributed by atoms with van der Waals surface area (Å²) in [5.74, 6) is 1.08. The minimum Gasteiger partial charge on any atom is -0.508 e. The number of hydrogen-bond acceptors (Lipinski definition) is 3. The average molecular weight is 449 g/mol. The Morgan fingerprint density at radius 1 is 0.750 bits per heavy atom. The van der Waals surface area contributed by atoms with Gasteiger partial charge in [-0.1, -0.05) is 90.4 Å². The largest absolute Gasteiger partial charge is 0.508 e. The van der Waals surface area contributed by atoms with E-state index in [1.165, 1.54) is 83.5 Å². The molecule has 184 valence electrons. The molecule has 5 heteroatoms. The first-order valence-electron chi connectivity index (χ1n) is 13.1. The van der Waals surface area contributed by atoms with Gasteiger partial charge in [0, 0.05) is 13.1 Å². The molecular formula is C27H48N2O3. The van der Waals surface area contributed by atoms with Crippen molar-refractivity contribution < 1.29 is 14.6 Å². The van der Waals surface area contributed by atoms with Gasteiger partial charge in [-0.3, -0.25) is 0 Å². The van der Waals surface area contributed by atoms with Gasteiger partial charge in [0.15, 0.2) is 0 Å². The molecule has 2 amide bonds. The van der Waals surface area contributed by atoms with Crippen LogP contribution in [0.15, 0.2) is 24.3 Å². The number of ether oxygens (including phenoxy) is 1. The van der Waals surface area contributed by atoms with Crippen LogP contribution >= 0.6 is 0 Å². The fourth-order valence-electron chi connectivity index (χ4n) is 3.97. The lowest BCUT2D eigenvalue weighted by Crippen LogP contribution is -2.37. The Hall–Kier alpha value is -1.91. The fourth-order valence-corrected chi connectivity index (χ4v) is 3.97. The van der Waals surface area contributed by atoms with Gasteiger partial charge in [0.2, 0.25) is 0 Å². The smallest absolute Gasteiger partial charge is 0.314 e. The molecule has 5 nitrogen and oxygen atoms in total. The Balaban J connectivity index is 1.90. The van der Waals surface area contributed by atoms with Gasteiger partial charge in [0.05, 0.1) is 6.61 Å². The molecule has 0 radical (unpaired) electrons. The van der Waals surface area contributed by atoms with Gasteiger partial charge in [0.1, 0.15) is 11.5 Å². The second kappa shape index (κ2) is 19.8. The van der Waals surface area contributed by atoms with Crippen LogP contribution in [-0.2, 0) is 0 Å². The zero-order valence-corrected chi connectivity index (χ0v) is 20.5. The van der Waals surface area contributed by atoms with Gasteiger partial charge in [-0.25, -0.2) is 4.79 Å². The van der Waals surface area contributed by atoms with Crippen molar-refractivity contribution in [2.75, 3.05) is 19.7 Å². The number of nitrogens with zero attached hydrogens (tertiary/aromatic N) is 1. The minimum atomic E-state index is -0.262. The highest BCUT2D eigenvalue weighted by Gasteiger charge is 2.08. The number of carbonyl (C=O) groups is 1. The van der Waals surface area contributed by atoms with Crippen LogP contribution in [0.4, 0.5) is 4.79 Å². The normalized spacial score (nSPS) is 10.9. The summed E-state index contributed by atoms with van der Waals surface area (Å²) in [6.45, 7) is 4.60. The van der Waals surface area contributed by atoms with E-state index in [2.05, 4.69) is 6.92 Å². The summed E-state index contributed by atoms with van der Waals surface area (Å²) < 4.78 is 5.67. The molecule has 0 fully saturated rings. The molecule has 0 heterocycles. The first-order valence-corrected chi connectivity index (χ1v) is 13.1. The van der Waals surface area contributed by atoms with Gasteiger partial charge >= 0.3 is 6.03 Å². The Morgan fingerprint density at radius 2 is 1.19 bits per heavy atom. The Bertz CT molecular complexity index is 563. The van der Waals surface area contributed by atoms with Gasteiger partial charge in [-0.15, -0.1) is 0 Å². The number of urea groups is 1. The Labute approximate surface area is 196 Å². The van der Waals surface area contributed by atoms with E-state index in [1.54, 1.807) is 24.3 Å². The maximum Gasteiger partial charge on any atom is 0.314 e. The summed E-state index contributed by atoms with van der Waals surface area (Å²) in [6.07, 6.45) is 19.7. The standard InChI is InChI=1S/C27H48N2O3/c1-2-3-4-5-6-9-12-15-22-29(27(28)31)23-16-13-10-7-8-11-14-17-24-32-26-20-18-25(30)19-21-26/h18-21,30H,2-17,22-24H2,1H3,(H2,28,31). The highest BCUT2D eigenvalue weighted by Crippen LogP contribution is 2.16. The number of rotatable bonds is 21. The molecule has 1 rings (SSSR count). The molecule has 1 aromatic carbocycles. The lowest BCUT2D eigenvalue weighted by molar-refractivity contribution is 0.204. The van der Waals surface area contributed by atoms with E-state index in [9.17, 15) is 9.90 Å². The minimum absolute atomic E-state index is 0.262. The molecule has 0 unspecified atom stereocenters. The molecule has 0 saturated carbocycles. The third-order valence-electron chi connectivity index (χ3n) is 6.02. The monoisotopic (exact) mass is 448 g/mol. The van der Waals surface area contributed by atoms with Crippen molar-refractivity contribution in [3.8, 4) is 11.5 Å². The van der Waals surface area contributed by atoms with Crippen molar-refractivity contribution in [2.24, 2.45) is 5.73 Å². The maximum atomic E-state index is 11.7. The number of unbranched alkanes of at least 4 members (excludes halogenated alkanes) is 14. The van der Waals surface area contributed by atoms with Crippen molar-refractivity contribution in [1.82, 2.24) is 4.90 Å². The topological polar surface area (TPSA) is 75.8 Å². The molecule has 0 aliphatic carbocycles. The van der Waals surface area contributed by atoms with Crippen molar-refractivity contribution in [2.45, 2.75) is 110 Å².